The Bertz CT molecular complexity index is 783. The summed E-state index contributed by atoms with van der Waals surface area (Å²) >= 11 is 0. The van der Waals surface area contributed by atoms with Gasteiger partial charge >= 0.3 is 0 Å². The minimum atomic E-state index is -0.642. The molecule has 0 fully saturated rings. The average Bonchev–Trinajstić information content (AvgIpc) is 2.84. The molecule has 0 spiro atoms. The van der Waals surface area contributed by atoms with Crippen molar-refractivity contribution >= 4 is 11.0 Å². The molecule has 0 saturated heterocycles. The van der Waals surface area contributed by atoms with Crippen LogP contribution in [0.1, 0.15) is 11.3 Å². The van der Waals surface area contributed by atoms with Crippen LogP contribution in [0.3, 0.4) is 0 Å². The maximum absolute atomic E-state index is 13.6. The van der Waals surface area contributed by atoms with Crippen LogP contribution in [0.5, 0.6) is 5.75 Å². The van der Waals surface area contributed by atoms with Gasteiger partial charge in [-0.1, -0.05) is 12.1 Å². The van der Waals surface area contributed by atoms with Crippen molar-refractivity contribution in [2.24, 2.45) is 5.73 Å². The monoisotopic (exact) mass is 289 g/mol. The van der Waals surface area contributed by atoms with Crippen molar-refractivity contribution in [3.05, 3.63) is 65.4 Å². The van der Waals surface area contributed by atoms with Crippen molar-refractivity contribution < 1.29 is 17.9 Å². The Balaban J connectivity index is 1.91. The summed E-state index contributed by atoms with van der Waals surface area (Å²) in [4.78, 5) is 0. The van der Waals surface area contributed by atoms with Crippen molar-refractivity contribution in [1.82, 2.24) is 0 Å². The summed E-state index contributed by atoms with van der Waals surface area (Å²) in [7, 11) is 0. The quantitative estimate of drug-likeness (QED) is 0.795. The fourth-order valence-electron chi connectivity index (χ4n) is 2.15. The summed E-state index contributed by atoms with van der Waals surface area (Å²) in [5.41, 5.74) is 6.56. The molecule has 0 bridgehead atoms. The molecule has 1 aromatic heterocycles. The Kier molecular flexibility index (Phi) is 3.58. The highest BCUT2D eigenvalue weighted by molar-refractivity contribution is 5.85. The fraction of sp³-hybridized carbons (Fsp3) is 0.125. The number of halogens is 2. The predicted octanol–water partition coefficient (Wildman–Crippen LogP) is 3.75. The Labute approximate surface area is 119 Å². The second-order valence-electron chi connectivity index (χ2n) is 4.58. The summed E-state index contributed by atoms with van der Waals surface area (Å²) in [6.07, 6.45) is 0. The molecule has 0 aliphatic carbocycles. The van der Waals surface area contributed by atoms with Gasteiger partial charge in [-0.15, -0.1) is 0 Å². The van der Waals surface area contributed by atoms with Gasteiger partial charge < -0.3 is 14.9 Å². The van der Waals surface area contributed by atoms with Crippen molar-refractivity contribution in [2.45, 2.75) is 13.2 Å². The molecular weight excluding hydrogens is 276 g/mol. The van der Waals surface area contributed by atoms with Gasteiger partial charge in [-0.3, -0.25) is 0 Å². The third-order valence-electron chi connectivity index (χ3n) is 3.19. The van der Waals surface area contributed by atoms with E-state index in [2.05, 4.69) is 0 Å². The Hall–Kier alpha value is -2.40. The summed E-state index contributed by atoms with van der Waals surface area (Å²) in [5, 5.41) is 0.778. The molecule has 3 nitrogen and oxygen atoms in total. The molecule has 0 aliphatic heterocycles. The molecular formula is C16H13F2NO2. The van der Waals surface area contributed by atoms with E-state index in [1.54, 1.807) is 6.07 Å². The van der Waals surface area contributed by atoms with E-state index < -0.39 is 11.6 Å². The fourth-order valence-corrected chi connectivity index (χ4v) is 2.15. The SMILES string of the molecule is NCc1oc2ccccc2c1OCc1ccc(F)cc1F. The zero-order chi connectivity index (χ0) is 14.8. The van der Waals surface area contributed by atoms with Crippen LogP contribution in [0, 0.1) is 11.6 Å². The molecule has 0 atom stereocenters. The first-order valence-electron chi connectivity index (χ1n) is 6.46. The van der Waals surface area contributed by atoms with Crippen LogP contribution in [-0.2, 0) is 13.2 Å². The second kappa shape index (κ2) is 5.54. The smallest absolute Gasteiger partial charge is 0.170 e. The zero-order valence-corrected chi connectivity index (χ0v) is 11.1. The maximum Gasteiger partial charge on any atom is 0.170 e. The lowest BCUT2D eigenvalue weighted by Crippen LogP contribution is -2.02. The number of hydrogen-bond acceptors (Lipinski definition) is 3. The van der Waals surface area contributed by atoms with Gasteiger partial charge in [0.15, 0.2) is 11.5 Å². The van der Waals surface area contributed by atoms with Crippen LogP contribution in [0.2, 0.25) is 0 Å². The third-order valence-corrected chi connectivity index (χ3v) is 3.19. The van der Waals surface area contributed by atoms with E-state index in [1.165, 1.54) is 12.1 Å². The molecule has 5 heteroatoms. The van der Waals surface area contributed by atoms with Gasteiger partial charge in [0.25, 0.3) is 0 Å². The van der Waals surface area contributed by atoms with E-state index >= 15 is 0 Å². The van der Waals surface area contributed by atoms with Gasteiger partial charge in [-0.2, -0.15) is 0 Å². The Morgan fingerprint density at radius 1 is 1.10 bits per heavy atom. The molecule has 0 radical (unpaired) electrons. The van der Waals surface area contributed by atoms with Crippen LogP contribution >= 0.6 is 0 Å². The van der Waals surface area contributed by atoms with E-state index in [-0.39, 0.29) is 18.7 Å². The van der Waals surface area contributed by atoms with E-state index in [0.717, 1.165) is 11.5 Å². The molecule has 0 amide bonds. The summed E-state index contributed by atoms with van der Waals surface area (Å²) in [6, 6.07) is 10.7. The van der Waals surface area contributed by atoms with Gasteiger partial charge in [0.05, 0.1) is 11.9 Å². The minimum absolute atomic E-state index is 0.0252. The highest BCUT2D eigenvalue weighted by Gasteiger charge is 2.15. The molecule has 3 aromatic rings. The zero-order valence-electron chi connectivity index (χ0n) is 11.1. The van der Waals surface area contributed by atoms with Crippen molar-refractivity contribution in [3.8, 4) is 5.75 Å². The number of fused-ring (bicyclic) bond motifs is 1. The molecule has 1 heterocycles. The average molecular weight is 289 g/mol. The van der Waals surface area contributed by atoms with Gasteiger partial charge in [-0.25, -0.2) is 8.78 Å². The number of ether oxygens (including phenoxy) is 1. The lowest BCUT2D eigenvalue weighted by atomic mass is 10.2. The van der Waals surface area contributed by atoms with Crippen molar-refractivity contribution in [1.29, 1.82) is 0 Å². The maximum atomic E-state index is 13.6. The molecule has 108 valence electrons. The third kappa shape index (κ3) is 2.60. The standard InChI is InChI=1S/C16H13F2NO2/c17-11-6-5-10(13(18)7-11)9-20-16-12-3-1-2-4-14(12)21-15(16)8-19/h1-7H,8-9,19H2. The Morgan fingerprint density at radius 3 is 2.67 bits per heavy atom. The summed E-state index contributed by atoms with van der Waals surface area (Å²) in [6.45, 7) is 0.151. The van der Waals surface area contributed by atoms with Gasteiger partial charge in [0, 0.05) is 11.6 Å². The Morgan fingerprint density at radius 2 is 1.90 bits per heavy atom. The molecule has 2 aromatic carbocycles. The molecule has 2 N–H and O–H groups in total. The normalized spacial score (nSPS) is 11.0. The lowest BCUT2D eigenvalue weighted by Gasteiger charge is -2.07. The van der Waals surface area contributed by atoms with Crippen LogP contribution < -0.4 is 10.5 Å². The number of rotatable bonds is 4. The first kappa shape index (κ1) is 13.6. The summed E-state index contributed by atoms with van der Waals surface area (Å²) in [5.74, 6) is -0.264. The first-order valence-corrected chi connectivity index (χ1v) is 6.46. The number of nitrogens with two attached hydrogens (primary N) is 1. The molecule has 21 heavy (non-hydrogen) atoms. The van der Waals surface area contributed by atoms with Crippen molar-refractivity contribution in [2.75, 3.05) is 0 Å². The molecule has 0 unspecified atom stereocenters. The van der Waals surface area contributed by atoms with Crippen LogP contribution in [-0.4, -0.2) is 0 Å². The number of para-hydroxylation sites is 1. The van der Waals surface area contributed by atoms with E-state index in [4.69, 9.17) is 14.9 Å². The van der Waals surface area contributed by atoms with Gasteiger partial charge in [-0.05, 0) is 24.3 Å². The number of benzene rings is 2. The van der Waals surface area contributed by atoms with Gasteiger partial charge in [0.2, 0.25) is 0 Å². The number of hydrogen-bond donors (Lipinski definition) is 1. The van der Waals surface area contributed by atoms with Crippen LogP contribution in [0.4, 0.5) is 8.78 Å². The lowest BCUT2D eigenvalue weighted by molar-refractivity contribution is 0.293. The van der Waals surface area contributed by atoms with Gasteiger partial charge in [0.1, 0.15) is 23.8 Å². The first-order chi connectivity index (χ1) is 10.2. The number of furan rings is 1. The van der Waals surface area contributed by atoms with E-state index in [0.29, 0.717) is 17.1 Å². The minimum Gasteiger partial charge on any atom is -0.484 e. The van der Waals surface area contributed by atoms with E-state index in [1.807, 2.05) is 18.2 Å². The predicted molar refractivity (Wildman–Crippen MR) is 74.8 cm³/mol. The van der Waals surface area contributed by atoms with Crippen molar-refractivity contribution in [3.63, 3.8) is 0 Å². The second-order valence-corrected chi connectivity index (χ2v) is 4.58. The topological polar surface area (TPSA) is 48.4 Å². The largest absolute Gasteiger partial charge is 0.484 e. The van der Waals surface area contributed by atoms with E-state index in [9.17, 15) is 8.78 Å². The molecule has 3 rings (SSSR count). The van der Waals surface area contributed by atoms with Crippen LogP contribution in [0.15, 0.2) is 46.9 Å². The highest BCUT2D eigenvalue weighted by atomic mass is 19.1. The summed E-state index contributed by atoms with van der Waals surface area (Å²) < 4.78 is 37.7. The molecule has 0 aliphatic rings. The van der Waals surface area contributed by atoms with Crippen LogP contribution in [0.25, 0.3) is 11.0 Å². The molecule has 0 saturated carbocycles. The highest BCUT2D eigenvalue weighted by Crippen LogP contribution is 2.33.